The maximum Gasteiger partial charge on any atom is 0.137 e. The van der Waals surface area contributed by atoms with Gasteiger partial charge >= 0.3 is 0 Å². The molecule has 1 unspecified atom stereocenters. The highest BCUT2D eigenvalue weighted by Gasteiger charge is 2.17. The molecule has 0 aliphatic rings. The number of nitrogens with one attached hydrogen (secondary N) is 1. The molecular formula is C16H24N4O. The van der Waals surface area contributed by atoms with Gasteiger partial charge in [0.15, 0.2) is 0 Å². The van der Waals surface area contributed by atoms with Crippen LogP contribution in [0.5, 0.6) is 5.75 Å². The molecule has 0 spiro atoms. The van der Waals surface area contributed by atoms with E-state index in [1.54, 1.807) is 6.20 Å². The standard InChI is InChI=1S/C16H24N4O/c1-4-7-18-16(15-6-8-19-20(15)3)13-10-14(12-17-11-13)21-9-5-2/h6,8,10-12,16,18H,4-5,7,9H2,1-3H3. The summed E-state index contributed by atoms with van der Waals surface area (Å²) in [6.45, 7) is 5.91. The molecule has 114 valence electrons. The smallest absolute Gasteiger partial charge is 0.137 e. The van der Waals surface area contributed by atoms with Gasteiger partial charge in [-0.3, -0.25) is 9.67 Å². The fourth-order valence-electron chi connectivity index (χ4n) is 2.24. The van der Waals surface area contributed by atoms with Crippen LogP contribution >= 0.6 is 0 Å². The number of aryl methyl sites for hydroxylation is 1. The Morgan fingerprint density at radius 1 is 1.29 bits per heavy atom. The number of nitrogens with zero attached hydrogens (tertiary/aromatic N) is 3. The second-order valence-corrected chi connectivity index (χ2v) is 5.07. The van der Waals surface area contributed by atoms with Crippen LogP contribution in [0.25, 0.3) is 0 Å². The first kappa shape index (κ1) is 15.5. The Morgan fingerprint density at radius 2 is 2.14 bits per heavy atom. The molecule has 2 aromatic heterocycles. The molecule has 0 bridgehead atoms. The van der Waals surface area contributed by atoms with Crippen LogP contribution in [0, 0.1) is 0 Å². The first-order chi connectivity index (χ1) is 10.3. The van der Waals surface area contributed by atoms with Crippen molar-refractivity contribution in [2.24, 2.45) is 7.05 Å². The van der Waals surface area contributed by atoms with Crippen LogP contribution in [-0.4, -0.2) is 27.9 Å². The number of rotatable bonds is 8. The molecule has 0 fully saturated rings. The van der Waals surface area contributed by atoms with Crippen molar-refractivity contribution in [3.05, 3.63) is 42.0 Å². The zero-order valence-corrected chi connectivity index (χ0v) is 13.0. The molecule has 0 amide bonds. The van der Waals surface area contributed by atoms with Crippen molar-refractivity contribution in [2.45, 2.75) is 32.7 Å². The van der Waals surface area contributed by atoms with Crippen LogP contribution in [0.4, 0.5) is 0 Å². The summed E-state index contributed by atoms with van der Waals surface area (Å²) in [7, 11) is 1.96. The van der Waals surface area contributed by atoms with E-state index in [1.807, 2.05) is 30.2 Å². The Labute approximate surface area is 126 Å². The van der Waals surface area contributed by atoms with Gasteiger partial charge in [0.1, 0.15) is 5.75 Å². The molecule has 0 aliphatic carbocycles. The van der Waals surface area contributed by atoms with Gasteiger partial charge in [-0.05, 0) is 37.1 Å². The summed E-state index contributed by atoms with van der Waals surface area (Å²) < 4.78 is 7.58. The highest BCUT2D eigenvalue weighted by atomic mass is 16.5. The van der Waals surface area contributed by atoms with Gasteiger partial charge in [0.25, 0.3) is 0 Å². The summed E-state index contributed by atoms with van der Waals surface area (Å²) in [6, 6.07) is 4.17. The molecule has 2 aromatic rings. The molecule has 5 heteroatoms. The van der Waals surface area contributed by atoms with Crippen LogP contribution < -0.4 is 10.1 Å². The molecule has 0 radical (unpaired) electrons. The third-order valence-corrected chi connectivity index (χ3v) is 3.29. The average molecular weight is 288 g/mol. The van der Waals surface area contributed by atoms with Crippen molar-refractivity contribution in [2.75, 3.05) is 13.2 Å². The second kappa shape index (κ2) is 7.78. The van der Waals surface area contributed by atoms with Crippen molar-refractivity contribution in [3.63, 3.8) is 0 Å². The molecule has 0 saturated carbocycles. The first-order valence-corrected chi connectivity index (χ1v) is 7.55. The summed E-state index contributed by atoms with van der Waals surface area (Å²) in [5, 5.41) is 7.82. The van der Waals surface area contributed by atoms with Crippen molar-refractivity contribution >= 4 is 0 Å². The maximum absolute atomic E-state index is 5.69. The first-order valence-electron chi connectivity index (χ1n) is 7.55. The topological polar surface area (TPSA) is 52.0 Å². The van der Waals surface area contributed by atoms with Gasteiger partial charge in [-0.1, -0.05) is 13.8 Å². The Morgan fingerprint density at radius 3 is 2.81 bits per heavy atom. The second-order valence-electron chi connectivity index (χ2n) is 5.07. The van der Waals surface area contributed by atoms with Gasteiger partial charge in [-0.15, -0.1) is 0 Å². The lowest BCUT2D eigenvalue weighted by Gasteiger charge is -2.19. The number of ether oxygens (including phenoxy) is 1. The van der Waals surface area contributed by atoms with Gasteiger partial charge < -0.3 is 10.1 Å². The van der Waals surface area contributed by atoms with Crippen LogP contribution in [0.2, 0.25) is 0 Å². The van der Waals surface area contributed by atoms with Gasteiger partial charge in [0.05, 0.1) is 24.5 Å². The third-order valence-electron chi connectivity index (χ3n) is 3.29. The van der Waals surface area contributed by atoms with Crippen molar-refractivity contribution in [3.8, 4) is 5.75 Å². The molecule has 2 heterocycles. The van der Waals surface area contributed by atoms with E-state index < -0.39 is 0 Å². The van der Waals surface area contributed by atoms with E-state index in [2.05, 4.69) is 35.3 Å². The summed E-state index contributed by atoms with van der Waals surface area (Å²) in [6.07, 6.45) is 7.54. The maximum atomic E-state index is 5.69. The SMILES string of the molecule is CCCNC(c1cncc(OCCC)c1)c1ccnn1C. The molecule has 0 aliphatic heterocycles. The highest BCUT2D eigenvalue weighted by Crippen LogP contribution is 2.24. The minimum absolute atomic E-state index is 0.0788. The lowest BCUT2D eigenvalue weighted by molar-refractivity contribution is 0.315. The van der Waals surface area contributed by atoms with E-state index >= 15 is 0 Å². The summed E-state index contributed by atoms with van der Waals surface area (Å²) in [4.78, 5) is 4.31. The van der Waals surface area contributed by atoms with E-state index in [1.165, 1.54) is 0 Å². The Balaban J connectivity index is 2.26. The predicted molar refractivity (Wildman–Crippen MR) is 83.4 cm³/mol. The fourth-order valence-corrected chi connectivity index (χ4v) is 2.24. The van der Waals surface area contributed by atoms with E-state index in [9.17, 15) is 0 Å². The van der Waals surface area contributed by atoms with E-state index in [4.69, 9.17) is 4.74 Å². The Hall–Kier alpha value is -1.88. The van der Waals surface area contributed by atoms with Crippen LogP contribution in [0.15, 0.2) is 30.7 Å². The van der Waals surface area contributed by atoms with Gasteiger partial charge in [-0.25, -0.2) is 0 Å². The number of aromatic nitrogens is 3. The molecule has 1 atom stereocenters. The zero-order chi connectivity index (χ0) is 15.1. The number of hydrogen-bond donors (Lipinski definition) is 1. The van der Waals surface area contributed by atoms with Gasteiger partial charge in [0, 0.05) is 19.4 Å². The lowest BCUT2D eigenvalue weighted by Crippen LogP contribution is -2.25. The summed E-state index contributed by atoms with van der Waals surface area (Å²) in [5.41, 5.74) is 2.22. The molecule has 1 N–H and O–H groups in total. The largest absolute Gasteiger partial charge is 0.492 e. The van der Waals surface area contributed by atoms with Crippen LogP contribution in [-0.2, 0) is 7.05 Å². The quantitative estimate of drug-likeness (QED) is 0.811. The van der Waals surface area contributed by atoms with E-state index in [0.717, 1.165) is 36.4 Å². The van der Waals surface area contributed by atoms with Crippen molar-refractivity contribution in [1.82, 2.24) is 20.1 Å². The molecule has 0 aromatic carbocycles. The molecular weight excluding hydrogens is 264 g/mol. The molecule has 2 rings (SSSR count). The minimum atomic E-state index is 0.0788. The molecule has 0 saturated heterocycles. The summed E-state index contributed by atoms with van der Waals surface area (Å²) >= 11 is 0. The fraction of sp³-hybridized carbons (Fsp3) is 0.500. The Kier molecular flexibility index (Phi) is 5.75. The number of pyridine rings is 1. The lowest BCUT2D eigenvalue weighted by atomic mass is 10.1. The predicted octanol–water partition coefficient (Wildman–Crippen LogP) is 2.69. The normalized spacial score (nSPS) is 12.3. The van der Waals surface area contributed by atoms with Crippen molar-refractivity contribution < 1.29 is 4.74 Å². The van der Waals surface area contributed by atoms with E-state index in [0.29, 0.717) is 6.61 Å². The van der Waals surface area contributed by atoms with Crippen LogP contribution in [0.3, 0.4) is 0 Å². The Bertz CT molecular complexity index is 553. The van der Waals surface area contributed by atoms with E-state index in [-0.39, 0.29) is 6.04 Å². The number of hydrogen-bond acceptors (Lipinski definition) is 4. The molecule has 21 heavy (non-hydrogen) atoms. The van der Waals surface area contributed by atoms with Crippen molar-refractivity contribution in [1.29, 1.82) is 0 Å². The average Bonchev–Trinajstić information content (AvgIpc) is 2.92. The third kappa shape index (κ3) is 4.04. The minimum Gasteiger partial charge on any atom is -0.492 e. The highest BCUT2D eigenvalue weighted by molar-refractivity contribution is 5.31. The molecule has 5 nitrogen and oxygen atoms in total. The zero-order valence-electron chi connectivity index (χ0n) is 13.0. The van der Waals surface area contributed by atoms with Crippen LogP contribution in [0.1, 0.15) is 44.0 Å². The van der Waals surface area contributed by atoms with Gasteiger partial charge in [0.2, 0.25) is 0 Å². The summed E-state index contributed by atoms with van der Waals surface area (Å²) in [5.74, 6) is 0.819. The monoisotopic (exact) mass is 288 g/mol. The van der Waals surface area contributed by atoms with Gasteiger partial charge in [-0.2, -0.15) is 5.10 Å².